The van der Waals surface area contributed by atoms with Gasteiger partial charge in [-0.05, 0) is 23.8 Å². The van der Waals surface area contributed by atoms with Crippen LogP contribution in [0.2, 0.25) is 0 Å². The average molecular weight is 356 g/mol. The highest BCUT2D eigenvalue weighted by molar-refractivity contribution is 9.11. The molecular formula is C8H9Br2ClN4. The lowest BCUT2D eigenvalue weighted by Gasteiger charge is -1.95. The Kier molecular flexibility index (Phi) is 6.55. The van der Waals surface area contributed by atoms with E-state index in [1.54, 1.807) is 6.21 Å². The molecule has 0 unspecified atom stereocenters. The Balaban J connectivity index is 0.00000196. The summed E-state index contributed by atoms with van der Waals surface area (Å²) in [5.74, 6) is -0.0599. The van der Waals surface area contributed by atoms with Gasteiger partial charge in [0, 0.05) is 8.95 Å². The van der Waals surface area contributed by atoms with Gasteiger partial charge < -0.3 is 11.5 Å². The summed E-state index contributed by atoms with van der Waals surface area (Å²) in [6.45, 7) is 0. The van der Waals surface area contributed by atoms with E-state index >= 15 is 0 Å². The molecular weight excluding hydrogens is 347 g/mol. The highest BCUT2D eigenvalue weighted by Crippen LogP contribution is 2.18. The first-order chi connectivity index (χ1) is 6.58. The van der Waals surface area contributed by atoms with Crippen LogP contribution >= 0.6 is 44.3 Å². The highest BCUT2D eigenvalue weighted by atomic mass is 79.9. The molecule has 1 aromatic rings. The third-order valence-corrected chi connectivity index (χ3v) is 2.18. The van der Waals surface area contributed by atoms with Crippen molar-refractivity contribution < 1.29 is 0 Å². The second-order valence-corrected chi connectivity index (χ2v) is 4.30. The molecule has 4 nitrogen and oxygen atoms in total. The summed E-state index contributed by atoms with van der Waals surface area (Å²) in [7, 11) is 0. The zero-order valence-corrected chi connectivity index (χ0v) is 11.5. The quantitative estimate of drug-likeness (QED) is 0.484. The topological polar surface area (TPSA) is 76.8 Å². The Hall–Kier alpha value is -0.590. The number of hydrogen-bond acceptors (Lipinski definition) is 2. The predicted molar refractivity (Wildman–Crippen MR) is 72.5 cm³/mol. The molecule has 1 aromatic carbocycles. The molecule has 4 N–H and O–H groups in total. The number of nitrogens with zero attached hydrogens (tertiary/aromatic N) is 2. The lowest BCUT2D eigenvalue weighted by Crippen LogP contribution is -2.21. The first kappa shape index (κ1) is 14.4. The summed E-state index contributed by atoms with van der Waals surface area (Å²) >= 11 is 6.71. The van der Waals surface area contributed by atoms with Gasteiger partial charge in [-0.1, -0.05) is 31.9 Å². The van der Waals surface area contributed by atoms with Crippen molar-refractivity contribution in [3.63, 3.8) is 0 Å². The van der Waals surface area contributed by atoms with Crippen molar-refractivity contribution in [2.24, 2.45) is 21.7 Å². The molecule has 0 saturated carbocycles. The van der Waals surface area contributed by atoms with Gasteiger partial charge in [0.2, 0.25) is 5.96 Å². The first-order valence-corrected chi connectivity index (χ1v) is 5.24. The maximum atomic E-state index is 5.11. The summed E-state index contributed by atoms with van der Waals surface area (Å²) in [4.78, 5) is 0. The number of halogens is 3. The van der Waals surface area contributed by atoms with Gasteiger partial charge in [0.15, 0.2) is 0 Å². The van der Waals surface area contributed by atoms with Crippen LogP contribution < -0.4 is 11.5 Å². The van der Waals surface area contributed by atoms with E-state index < -0.39 is 0 Å². The smallest absolute Gasteiger partial charge is 0.211 e. The van der Waals surface area contributed by atoms with E-state index in [-0.39, 0.29) is 18.4 Å². The number of rotatable bonds is 2. The van der Waals surface area contributed by atoms with Gasteiger partial charge in [-0.2, -0.15) is 5.10 Å². The third-order valence-electron chi connectivity index (χ3n) is 1.26. The van der Waals surface area contributed by atoms with Crippen molar-refractivity contribution in [2.45, 2.75) is 0 Å². The molecule has 7 heteroatoms. The maximum Gasteiger partial charge on any atom is 0.211 e. The van der Waals surface area contributed by atoms with Crippen molar-refractivity contribution in [1.82, 2.24) is 0 Å². The Morgan fingerprint density at radius 3 is 2.13 bits per heavy atom. The number of benzene rings is 1. The van der Waals surface area contributed by atoms with E-state index in [2.05, 4.69) is 42.1 Å². The molecule has 0 aliphatic carbocycles. The fourth-order valence-electron chi connectivity index (χ4n) is 0.812. The van der Waals surface area contributed by atoms with Gasteiger partial charge in [-0.25, -0.2) is 0 Å². The van der Waals surface area contributed by atoms with Gasteiger partial charge in [0.1, 0.15) is 0 Å². The van der Waals surface area contributed by atoms with Crippen LogP contribution in [0.3, 0.4) is 0 Å². The second kappa shape index (κ2) is 6.81. The molecule has 0 saturated heterocycles. The van der Waals surface area contributed by atoms with Gasteiger partial charge in [-0.3, -0.25) is 0 Å². The minimum atomic E-state index is -0.0599. The summed E-state index contributed by atoms with van der Waals surface area (Å²) in [6.07, 6.45) is 1.56. The Bertz CT molecular complexity index is 368. The lowest BCUT2D eigenvalue weighted by molar-refractivity contribution is 1.21. The van der Waals surface area contributed by atoms with Gasteiger partial charge in [0.25, 0.3) is 0 Å². The van der Waals surface area contributed by atoms with E-state index in [9.17, 15) is 0 Å². The Labute approximate surface area is 110 Å². The number of hydrogen-bond donors (Lipinski definition) is 2. The largest absolute Gasteiger partial charge is 0.369 e. The normalized spacial score (nSPS) is 9.73. The van der Waals surface area contributed by atoms with E-state index in [1.165, 1.54) is 0 Å². The lowest BCUT2D eigenvalue weighted by atomic mass is 10.2. The van der Waals surface area contributed by atoms with Gasteiger partial charge in [0.05, 0.1) is 6.21 Å². The molecule has 0 atom stereocenters. The van der Waals surface area contributed by atoms with Crippen LogP contribution in [0.5, 0.6) is 0 Å². The minimum Gasteiger partial charge on any atom is -0.369 e. The molecule has 82 valence electrons. The predicted octanol–water partition coefficient (Wildman–Crippen LogP) is 2.24. The molecule has 0 radical (unpaired) electrons. The fraction of sp³-hybridized carbons (Fsp3) is 0. The number of guanidine groups is 1. The molecule has 15 heavy (non-hydrogen) atoms. The molecule has 0 bridgehead atoms. The second-order valence-electron chi connectivity index (χ2n) is 2.47. The summed E-state index contributed by atoms with van der Waals surface area (Å²) in [5.41, 5.74) is 11.1. The minimum absolute atomic E-state index is 0. The molecule has 1 rings (SSSR count). The maximum absolute atomic E-state index is 5.11. The van der Waals surface area contributed by atoms with E-state index in [1.807, 2.05) is 18.2 Å². The molecule has 0 aliphatic rings. The summed E-state index contributed by atoms with van der Waals surface area (Å²) in [5, 5.41) is 7.18. The van der Waals surface area contributed by atoms with Crippen LogP contribution in [0.1, 0.15) is 5.56 Å². The van der Waals surface area contributed by atoms with Crippen molar-refractivity contribution in [1.29, 1.82) is 0 Å². The highest BCUT2D eigenvalue weighted by Gasteiger charge is 1.94. The van der Waals surface area contributed by atoms with Crippen molar-refractivity contribution in [3.8, 4) is 0 Å². The fourth-order valence-corrected chi connectivity index (χ4v) is 2.14. The van der Waals surface area contributed by atoms with Crippen LogP contribution in [0.4, 0.5) is 0 Å². The zero-order chi connectivity index (χ0) is 10.6. The Morgan fingerprint density at radius 2 is 1.67 bits per heavy atom. The summed E-state index contributed by atoms with van der Waals surface area (Å²) < 4.78 is 1.91. The molecule has 0 aliphatic heterocycles. The van der Waals surface area contributed by atoms with Crippen molar-refractivity contribution in [3.05, 3.63) is 32.7 Å². The van der Waals surface area contributed by atoms with Crippen LogP contribution in [0.25, 0.3) is 0 Å². The monoisotopic (exact) mass is 354 g/mol. The molecule has 0 heterocycles. The average Bonchev–Trinajstić information content (AvgIpc) is 2.01. The van der Waals surface area contributed by atoms with Crippen LogP contribution in [-0.2, 0) is 0 Å². The SMILES string of the molecule is Cl.NC(N)=NN=Cc1cc(Br)cc(Br)c1. The van der Waals surface area contributed by atoms with Crippen molar-refractivity contribution in [2.75, 3.05) is 0 Å². The molecule has 0 amide bonds. The third kappa shape index (κ3) is 5.76. The molecule has 0 aromatic heterocycles. The summed E-state index contributed by atoms with van der Waals surface area (Å²) in [6, 6.07) is 5.73. The van der Waals surface area contributed by atoms with E-state index in [0.717, 1.165) is 14.5 Å². The zero-order valence-electron chi connectivity index (χ0n) is 7.52. The first-order valence-electron chi connectivity index (χ1n) is 3.66. The van der Waals surface area contributed by atoms with E-state index in [0.29, 0.717) is 0 Å². The van der Waals surface area contributed by atoms with Gasteiger partial charge in [-0.15, -0.1) is 17.5 Å². The van der Waals surface area contributed by atoms with Crippen LogP contribution in [-0.4, -0.2) is 12.2 Å². The number of nitrogens with two attached hydrogens (primary N) is 2. The molecule has 0 fully saturated rings. The van der Waals surface area contributed by atoms with Crippen LogP contribution in [0, 0.1) is 0 Å². The standard InChI is InChI=1S/C8H8Br2N4.ClH/c9-6-1-5(2-7(10)3-6)4-13-14-8(11)12;/h1-4H,(H4,11,12,14);1H. The Morgan fingerprint density at radius 1 is 1.13 bits per heavy atom. The van der Waals surface area contributed by atoms with Crippen molar-refractivity contribution >= 4 is 56.4 Å². The van der Waals surface area contributed by atoms with E-state index in [4.69, 9.17) is 11.5 Å². The van der Waals surface area contributed by atoms with Gasteiger partial charge >= 0.3 is 0 Å². The molecule has 0 spiro atoms. The van der Waals surface area contributed by atoms with Crippen LogP contribution in [0.15, 0.2) is 37.3 Å².